The first-order chi connectivity index (χ1) is 14.8. The van der Waals surface area contributed by atoms with Crippen molar-refractivity contribution in [2.75, 3.05) is 20.2 Å². The summed E-state index contributed by atoms with van der Waals surface area (Å²) in [6.07, 6.45) is 1.75. The minimum atomic E-state index is -0.372. The third-order valence-electron chi connectivity index (χ3n) is 7.19. The van der Waals surface area contributed by atoms with E-state index < -0.39 is 0 Å². The minimum Gasteiger partial charge on any atom is -0.492 e. The second kappa shape index (κ2) is 9.01. The van der Waals surface area contributed by atoms with Crippen molar-refractivity contribution in [3.63, 3.8) is 0 Å². The molecule has 0 bridgehead atoms. The molecule has 2 aromatic carbocycles. The van der Waals surface area contributed by atoms with E-state index in [4.69, 9.17) is 27.9 Å². The van der Waals surface area contributed by atoms with Crippen LogP contribution in [-0.4, -0.2) is 32.1 Å². The van der Waals surface area contributed by atoms with Crippen LogP contribution in [0.4, 0.5) is 0 Å². The van der Waals surface area contributed by atoms with Gasteiger partial charge in [0.05, 0.1) is 5.41 Å². The van der Waals surface area contributed by atoms with Crippen LogP contribution in [0.25, 0.3) is 0 Å². The van der Waals surface area contributed by atoms with Crippen molar-refractivity contribution >= 4 is 29.1 Å². The largest absolute Gasteiger partial charge is 0.492 e. The maximum Gasteiger partial charge on any atom is 0.226 e. The summed E-state index contributed by atoms with van der Waals surface area (Å²) in [5.41, 5.74) is 1.96. The molecule has 1 saturated carbocycles. The molecule has 4 rings (SSSR count). The van der Waals surface area contributed by atoms with Crippen LogP contribution in [0.5, 0.6) is 5.75 Å². The second-order valence-corrected chi connectivity index (χ2v) is 9.91. The quantitative estimate of drug-likeness (QED) is 0.567. The smallest absolute Gasteiger partial charge is 0.226 e. The third-order valence-corrected chi connectivity index (χ3v) is 7.77. The molecular weight excluding hydrogens is 431 g/mol. The van der Waals surface area contributed by atoms with Crippen LogP contribution in [0.15, 0.2) is 42.5 Å². The molecule has 4 nitrogen and oxygen atoms in total. The van der Waals surface area contributed by atoms with Crippen LogP contribution in [-0.2, 0) is 4.79 Å². The molecule has 5 atom stereocenters. The van der Waals surface area contributed by atoms with Crippen molar-refractivity contribution in [2.24, 2.45) is 11.3 Å². The zero-order chi connectivity index (χ0) is 22.2. The summed E-state index contributed by atoms with van der Waals surface area (Å²) >= 11 is 13.0. The highest BCUT2D eigenvalue weighted by molar-refractivity contribution is 6.31. The first-order valence-electron chi connectivity index (χ1n) is 11.0. The van der Waals surface area contributed by atoms with Gasteiger partial charge in [0.1, 0.15) is 12.4 Å². The fraction of sp³-hybridized carbons (Fsp3) is 0.480. The Hall–Kier alpha value is -1.75. The lowest BCUT2D eigenvalue weighted by Crippen LogP contribution is -2.42. The van der Waals surface area contributed by atoms with Crippen LogP contribution >= 0.6 is 23.2 Å². The molecule has 2 fully saturated rings. The summed E-state index contributed by atoms with van der Waals surface area (Å²) < 4.78 is 5.79. The summed E-state index contributed by atoms with van der Waals surface area (Å²) in [6.45, 7) is 5.62. The lowest BCUT2D eigenvalue weighted by atomic mass is 9.56. The Morgan fingerprint density at radius 2 is 1.94 bits per heavy atom. The topological polar surface area (TPSA) is 50.4 Å². The molecule has 6 heteroatoms. The fourth-order valence-corrected chi connectivity index (χ4v) is 6.12. The maximum absolute atomic E-state index is 12.9. The summed E-state index contributed by atoms with van der Waals surface area (Å²) in [5.74, 6) is 1.51. The van der Waals surface area contributed by atoms with Gasteiger partial charge in [0.2, 0.25) is 5.91 Å². The van der Waals surface area contributed by atoms with Crippen LogP contribution in [0.1, 0.15) is 49.7 Å². The number of ether oxygens (including phenoxy) is 1. The van der Waals surface area contributed by atoms with Gasteiger partial charge in [0.15, 0.2) is 0 Å². The van der Waals surface area contributed by atoms with Crippen molar-refractivity contribution < 1.29 is 9.53 Å². The average Bonchev–Trinajstić information content (AvgIpc) is 2.97. The van der Waals surface area contributed by atoms with E-state index >= 15 is 0 Å². The molecule has 0 aromatic heterocycles. The molecule has 1 amide bonds. The first kappa shape index (κ1) is 22.4. The standard InChI is InChI=1S/C25H30Cl2N2O2/c1-15-23-22(16-4-6-17(26)7-5-16)20(10-11-25(23,2)24(30)29-15)19-9-8-18(14-21(19)27)31-13-12-28-3/h4-9,14-15,20,22-23,28H,10-13H2,1-3H3,(H,29,30). The van der Waals surface area contributed by atoms with Gasteiger partial charge in [-0.15, -0.1) is 0 Å². The monoisotopic (exact) mass is 460 g/mol. The van der Waals surface area contributed by atoms with Gasteiger partial charge in [-0.25, -0.2) is 0 Å². The number of amides is 1. The van der Waals surface area contributed by atoms with E-state index in [2.05, 4.69) is 42.7 Å². The van der Waals surface area contributed by atoms with Crippen molar-refractivity contribution in [1.29, 1.82) is 0 Å². The van der Waals surface area contributed by atoms with Crippen LogP contribution in [0.3, 0.4) is 0 Å². The number of fused-ring (bicyclic) bond motifs is 1. The van der Waals surface area contributed by atoms with E-state index in [9.17, 15) is 4.79 Å². The Kier molecular flexibility index (Phi) is 6.52. The number of rotatable bonds is 6. The van der Waals surface area contributed by atoms with Crippen LogP contribution in [0, 0.1) is 11.3 Å². The van der Waals surface area contributed by atoms with Crippen molar-refractivity contribution in [3.05, 3.63) is 63.6 Å². The van der Waals surface area contributed by atoms with E-state index in [-0.39, 0.29) is 35.1 Å². The number of halogens is 2. The Bertz CT molecular complexity index is 949. The van der Waals surface area contributed by atoms with Crippen molar-refractivity contribution in [3.8, 4) is 5.75 Å². The second-order valence-electron chi connectivity index (χ2n) is 9.06. The number of likely N-dealkylation sites (N-methyl/N-ethyl adjacent to an activating group) is 1. The predicted octanol–water partition coefficient (Wildman–Crippen LogP) is 5.39. The first-order valence-corrected chi connectivity index (χ1v) is 11.7. The van der Waals surface area contributed by atoms with Crippen LogP contribution in [0.2, 0.25) is 10.0 Å². The van der Waals surface area contributed by atoms with Gasteiger partial charge in [0.25, 0.3) is 0 Å². The average molecular weight is 461 g/mol. The predicted molar refractivity (Wildman–Crippen MR) is 126 cm³/mol. The molecular formula is C25H30Cl2N2O2. The van der Waals surface area contributed by atoms with Gasteiger partial charge >= 0.3 is 0 Å². The molecule has 1 saturated heterocycles. The van der Waals surface area contributed by atoms with Gasteiger partial charge in [-0.2, -0.15) is 0 Å². The minimum absolute atomic E-state index is 0.101. The van der Waals surface area contributed by atoms with E-state index in [1.807, 2.05) is 31.3 Å². The van der Waals surface area contributed by atoms with E-state index in [1.54, 1.807) is 0 Å². The Morgan fingerprint density at radius 3 is 2.61 bits per heavy atom. The highest BCUT2D eigenvalue weighted by Crippen LogP contribution is 2.59. The van der Waals surface area contributed by atoms with Crippen molar-refractivity contribution in [1.82, 2.24) is 10.6 Å². The van der Waals surface area contributed by atoms with E-state index in [1.165, 1.54) is 5.56 Å². The molecule has 0 radical (unpaired) electrons. The molecule has 166 valence electrons. The number of hydrogen-bond donors (Lipinski definition) is 2. The van der Waals surface area contributed by atoms with Gasteiger partial charge < -0.3 is 15.4 Å². The zero-order valence-electron chi connectivity index (χ0n) is 18.3. The summed E-state index contributed by atoms with van der Waals surface area (Å²) in [6, 6.07) is 14.2. The van der Waals surface area contributed by atoms with Crippen LogP contribution < -0.4 is 15.4 Å². The number of nitrogens with one attached hydrogen (secondary N) is 2. The highest BCUT2D eigenvalue weighted by Gasteiger charge is 2.57. The van der Waals surface area contributed by atoms with Crippen molar-refractivity contribution in [2.45, 2.75) is 44.6 Å². The molecule has 1 aliphatic heterocycles. The molecule has 0 spiro atoms. The van der Waals surface area contributed by atoms with Gasteiger partial charge in [0, 0.05) is 28.5 Å². The summed E-state index contributed by atoms with van der Waals surface area (Å²) in [5, 5.41) is 7.72. The Labute approximate surface area is 194 Å². The van der Waals surface area contributed by atoms with E-state index in [0.29, 0.717) is 11.6 Å². The normalized spacial score (nSPS) is 30.0. The summed E-state index contributed by atoms with van der Waals surface area (Å²) in [4.78, 5) is 12.9. The van der Waals surface area contributed by atoms with E-state index in [0.717, 1.165) is 35.7 Å². The third kappa shape index (κ3) is 4.18. The fourth-order valence-electron chi connectivity index (χ4n) is 5.68. The molecule has 2 aliphatic rings. The van der Waals surface area contributed by atoms with Gasteiger partial charge in [-0.1, -0.05) is 48.3 Å². The molecule has 5 unspecified atom stereocenters. The molecule has 1 heterocycles. The Balaban J connectivity index is 1.72. The number of benzene rings is 2. The molecule has 31 heavy (non-hydrogen) atoms. The SMILES string of the molecule is CNCCOc1ccc(C2CCC3(C)C(=O)NC(C)C3C2c2ccc(Cl)cc2)c(Cl)c1. The number of carbonyl (C=O) groups is 1. The Morgan fingerprint density at radius 1 is 1.19 bits per heavy atom. The van der Waals surface area contributed by atoms with Gasteiger partial charge in [-0.3, -0.25) is 4.79 Å². The number of hydrogen-bond acceptors (Lipinski definition) is 3. The zero-order valence-corrected chi connectivity index (χ0v) is 19.8. The lowest BCUT2D eigenvalue weighted by molar-refractivity contribution is -0.129. The summed E-state index contributed by atoms with van der Waals surface area (Å²) in [7, 11) is 1.90. The van der Waals surface area contributed by atoms with Gasteiger partial charge in [-0.05, 0) is 74.0 Å². The molecule has 2 N–H and O–H groups in total. The number of carbonyl (C=O) groups excluding carboxylic acids is 1. The molecule has 2 aromatic rings. The maximum atomic E-state index is 12.9. The molecule has 1 aliphatic carbocycles. The highest BCUT2D eigenvalue weighted by atomic mass is 35.5. The lowest BCUT2D eigenvalue weighted by Gasteiger charge is -2.46.